The smallest absolute Gasteiger partial charge is 0.164 e. The number of unbranched alkanes of at least 4 members (excludes halogenated alkanes) is 32. The Balaban J connectivity index is 0.000000274. The van der Waals surface area contributed by atoms with Crippen molar-refractivity contribution in [3.8, 4) is 23.7 Å². The second-order valence-electron chi connectivity index (χ2n) is 21.2. The molecule has 0 bridgehead atoms. The molecule has 0 saturated carbocycles. The topological polar surface area (TPSA) is 34.1 Å². The van der Waals surface area contributed by atoms with E-state index in [0.717, 1.165) is 69.8 Å². The highest BCUT2D eigenvalue weighted by Gasteiger charge is 2.24. The lowest BCUT2D eigenvalue weighted by molar-refractivity contribution is 0.0972. The van der Waals surface area contributed by atoms with Crippen LogP contribution in [0.2, 0.25) is 0 Å². The largest absolute Gasteiger partial charge is 0.294 e. The third-order valence-electron chi connectivity index (χ3n) is 15.0. The van der Waals surface area contributed by atoms with E-state index < -0.39 is 0 Å². The first-order valence-electron chi connectivity index (χ1n) is 30.4. The minimum Gasteiger partial charge on any atom is -0.294 e. The van der Waals surface area contributed by atoms with Crippen molar-refractivity contribution in [3.63, 3.8) is 0 Å². The zero-order chi connectivity index (χ0) is 52.3. The third-order valence-corrected chi connectivity index (χ3v) is 18.7. The monoisotopic (exact) mass is 1070 g/mol. The average Bonchev–Trinajstić information content (AvgIpc) is 4.27. The molecule has 6 rings (SSSR count). The van der Waals surface area contributed by atoms with E-state index in [0.29, 0.717) is 12.8 Å². The van der Waals surface area contributed by atoms with E-state index >= 15 is 0 Å². The number of carbonyl (C=O) groups excluding carboxylic acids is 2. The number of ketones is 2. The normalized spacial score (nSPS) is 11.3. The molecule has 0 aliphatic rings. The van der Waals surface area contributed by atoms with E-state index in [2.05, 4.69) is 97.2 Å². The summed E-state index contributed by atoms with van der Waals surface area (Å²) in [6, 6.07) is 8.64. The molecule has 0 aliphatic carbocycles. The fraction of sp³-hybridized carbons (Fsp3) is 0.618. The fourth-order valence-electron chi connectivity index (χ4n) is 10.5. The summed E-state index contributed by atoms with van der Waals surface area (Å²) in [4.78, 5) is 26.9. The van der Waals surface area contributed by atoms with Gasteiger partial charge in [0.1, 0.15) is 0 Å². The van der Waals surface area contributed by atoms with Gasteiger partial charge in [-0.05, 0) is 71.5 Å². The Morgan fingerprint density at radius 2 is 0.581 bits per heavy atom. The molecule has 4 aromatic heterocycles. The Kier molecular flexibility index (Phi) is 31.9. The Bertz CT molecular complexity index is 2330. The Hall–Kier alpha value is -3.26. The highest BCUT2D eigenvalue weighted by atomic mass is 32.1. The van der Waals surface area contributed by atoms with Gasteiger partial charge in [-0.15, -0.1) is 45.3 Å². The van der Waals surface area contributed by atoms with E-state index in [1.165, 1.54) is 224 Å². The maximum absolute atomic E-state index is 13.4. The number of hydrogen-bond acceptors (Lipinski definition) is 6. The summed E-state index contributed by atoms with van der Waals surface area (Å²) in [5.74, 6) is 14.7. The van der Waals surface area contributed by atoms with E-state index in [1.807, 2.05) is 22.7 Å². The molecule has 0 aliphatic heterocycles. The molecule has 0 saturated heterocycles. The molecule has 0 N–H and O–H groups in total. The lowest BCUT2D eigenvalue weighted by Gasteiger charge is -2.11. The van der Waals surface area contributed by atoms with E-state index in [4.69, 9.17) is 0 Å². The third kappa shape index (κ3) is 20.9. The number of hydrogen-bond donors (Lipinski definition) is 0. The first-order valence-corrected chi connectivity index (χ1v) is 33.9. The Morgan fingerprint density at radius 1 is 0.324 bits per heavy atom. The molecule has 6 aromatic rings. The minimum atomic E-state index is 0.252. The van der Waals surface area contributed by atoms with Crippen LogP contribution in [0.4, 0.5) is 0 Å². The maximum Gasteiger partial charge on any atom is 0.164 e. The van der Waals surface area contributed by atoms with Gasteiger partial charge < -0.3 is 0 Å². The summed E-state index contributed by atoms with van der Waals surface area (Å²) in [6.07, 6.45) is 47.5. The van der Waals surface area contributed by atoms with Crippen LogP contribution < -0.4 is 0 Å². The molecule has 6 heteroatoms. The van der Waals surface area contributed by atoms with Gasteiger partial charge >= 0.3 is 0 Å². The predicted octanol–water partition coefficient (Wildman–Crippen LogP) is 24.2. The molecule has 0 fully saturated rings. The molecule has 0 amide bonds. The van der Waals surface area contributed by atoms with Crippen molar-refractivity contribution in [2.24, 2.45) is 0 Å². The highest BCUT2D eigenvalue weighted by molar-refractivity contribution is 7.20. The molecule has 4 heterocycles. The van der Waals surface area contributed by atoms with Gasteiger partial charge in [0.05, 0.1) is 20.5 Å². The van der Waals surface area contributed by atoms with Gasteiger partial charge in [-0.3, -0.25) is 9.59 Å². The Morgan fingerprint density at radius 3 is 0.892 bits per heavy atom. The zero-order valence-corrected chi connectivity index (χ0v) is 50.2. The summed E-state index contributed by atoms with van der Waals surface area (Å²) >= 11 is 6.89. The lowest BCUT2D eigenvalue weighted by Crippen LogP contribution is -2.05. The number of rotatable bonds is 38. The molecule has 0 atom stereocenters. The zero-order valence-electron chi connectivity index (χ0n) is 46.9. The van der Waals surface area contributed by atoms with Crippen LogP contribution in [0.15, 0.2) is 45.8 Å². The van der Waals surface area contributed by atoms with Crippen molar-refractivity contribution >= 4 is 97.3 Å². The molecule has 2 nitrogen and oxygen atoms in total. The minimum absolute atomic E-state index is 0.252. The summed E-state index contributed by atoms with van der Waals surface area (Å²) in [7, 11) is 0. The van der Waals surface area contributed by atoms with Crippen molar-refractivity contribution < 1.29 is 9.59 Å². The lowest BCUT2D eigenvalue weighted by atomic mass is 9.93. The molecular formula is C68H96O2S4. The summed E-state index contributed by atoms with van der Waals surface area (Å²) in [5, 5.41) is 13.1. The van der Waals surface area contributed by atoms with Crippen LogP contribution >= 0.6 is 45.3 Å². The maximum atomic E-state index is 13.4. The van der Waals surface area contributed by atoms with E-state index in [9.17, 15) is 9.59 Å². The average molecular weight is 1070 g/mol. The van der Waals surface area contributed by atoms with Gasteiger partial charge in [-0.25, -0.2) is 0 Å². The standard InChI is InChI=1S/C34H50O2S2.C34H46S2/c1-3-5-7-9-11-13-15-17-19-21-29(35)31-27-23-25-38-34(27)32(28-24-26-37-33(28)31)30(36)22-20-18-16-14-12-10-8-6-4-2;1-3-5-7-9-11-13-15-17-19-21-23-29-31-25-27-36-34(31)30(32-26-28-35-33(29)32)24-22-20-18-16-14-12-10-8-6-4-2/h23-26H,3-22H2,1-2H3;25-28H,3-20H2,1-2H3. The van der Waals surface area contributed by atoms with Crippen LogP contribution in [0.1, 0.15) is 304 Å². The van der Waals surface area contributed by atoms with Gasteiger partial charge in [0.15, 0.2) is 11.6 Å². The molecular weight excluding hydrogens is 977 g/mol. The predicted molar refractivity (Wildman–Crippen MR) is 335 cm³/mol. The molecule has 74 heavy (non-hydrogen) atoms. The quantitative estimate of drug-likeness (QED) is 0.0220. The van der Waals surface area contributed by atoms with Crippen LogP contribution in [-0.2, 0) is 0 Å². The summed E-state index contributed by atoms with van der Waals surface area (Å²) in [5.41, 5.74) is 4.18. The van der Waals surface area contributed by atoms with E-state index in [-0.39, 0.29) is 11.6 Å². The van der Waals surface area contributed by atoms with Crippen molar-refractivity contribution in [2.45, 2.75) is 272 Å². The second kappa shape index (κ2) is 38.3. The van der Waals surface area contributed by atoms with Crippen molar-refractivity contribution in [2.75, 3.05) is 0 Å². The molecule has 0 radical (unpaired) electrons. The van der Waals surface area contributed by atoms with Crippen LogP contribution in [0, 0.1) is 23.7 Å². The number of benzene rings is 2. The second-order valence-corrected chi connectivity index (χ2v) is 24.9. The SMILES string of the molecule is CCCCCCCCCCC#Cc1c2ccsc2c(C#CCCCCCCCCCC)c2ccsc12.CCCCCCCCCCCC(=O)c1c2ccsc2c(C(=O)CCCCCCCCCCC)c2ccsc12. The first-order chi connectivity index (χ1) is 36.5. The van der Waals surface area contributed by atoms with Gasteiger partial charge in [0.2, 0.25) is 0 Å². The Labute approximate surface area is 467 Å². The van der Waals surface area contributed by atoms with Gasteiger partial charge in [-0.1, -0.05) is 244 Å². The van der Waals surface area contributed by atoms with Crippen molar-refractivity contribution in [1.82, 2.24) is 0 Å². The molecule has 404 valence electrons. The number of carbonyl (C=O) groups is 2. The first kappa shape index (κ1) is 61.6. The van der Waals surface area contributed by atoms with Crippen molar-refractivity contribution in [3.05, 3.63) is 68.0 Å². The van der Waals surface area contributed by atoms with Crippen LogP contribution in [0.25, 0.3) is 40.3 Å². The van der Waals surface area contributed by atoms with Gasteiger partial charge in [0.25, 0.3) is 0 Å². The van der Waals surface area contributed by atoms with E-state index in [1.54, 1.807) is 22.7 Å². The summed E-state index contributed by atoms with van der Waals surface area (Å²) in [6.45, 7) is 9.09. The highest BCUT2D eigenvalue weighted by Crippen LogP contribution is 2.41. The molecule has 2 aromatic carbocycles. The number of thiophene rings is 4. The van der Waals surface area contributed by atoms with Gasteiger partial charge in [0, 0.05) is 67.8 Å². The van der Waals surface area contributed by atoms with Crippen molar-refractivity contribution in [1.29, 1.82) is 0 Å². The molecule has 0 spiro atoms. The number of fused-ring (bicyclic) bond motifs is 4. The van der Waals surface area contributed by atoms with Crippen LogP contribution in [0.5, 0.6) is 0 Å². The fourth-order valence-corrected chi connectivity index (χ4v) is 14.3. The summed E-state index contributed by atoms with van der Waals surface area (Å²) < 4.78 is 4.68. The van der Waals surface area contributed by atoms with Crippen LogP contribution in [0.3, 0.4) is 0 Å². The number of Topliss-reactive ketones (excluding diaryl/α,β-unsaturated/α-hetero) is 2. The van der Waals surface area contributed by atoms with Gasteiger partial charge in [-0.2, -0.15) is 0 Å². The molecule has 0 unspecified atom stereocenters. The van der Waals surface area contributed by atoms with Crippen LogP contribution in [-0.4, -0.2) is 11.6 Å².